The number of β-amino-alcohol motifs (C(OH)–C–C–N with tert-alkyl or cyclic N) is 1. The number of amides is 3. The number of hydrogen-bond donors (Lipinski definition) is 1. The first kappa shape index (κ1) is 21.4. The minimum absolute atomic E-state index is 0.0429. The highest BCUT2D eigenvalue weighted by Gasteiger charge is 2.70. The maximum absolute atomic E-state index is 13.8. The molecule has 4 aliphatic heterocycles. The highest BCUT2D eigenvalue weighted by molar-refractivity contribution is 8.02. The number of thioether (sulfide) groups is 1. The minimum Gasteiger partial charge on any atom is -0.395 e. The molecule has 0 saturated carbocycles. The molecule has 1 spiro atoms. The summed E-state index contributed by atoms with van der Waals surface area (Å²) in [5.74, 6) is -1.38. The molecular weight excluding hydrogens is 402 g/mol. The van der Waals surface area contributed by atoms with Crippen LogP contribution in [0.1, 0.15) is 26.7 Å². The van der Waals surface area contributed by atoms with Gasteiger partial charge in [-0.15, -0.1) is 11.8 Å². The molecule has 7 nitrogen and oxygen atoms in total. The molecule has 6 atom stereocenters. The SMILES string of the molecule is CCCC(C)N1CC=C[C@]23S[C@@H]4C=CCN(C)C(=O)[C@@H]4[C@H]2C(=O)N(CCO)C3C1=O. The van der Waals surface area contributed by atoms with Crippen LogP contribution in [0.15, 0.2) is 24.3 Å². The predicted molar refractivity (Wildman–Crippen MR) is 116 cm³/mol. The van der Waals surface area contributed by atoms with Gasteiger partial charge in [-0.25, -0.2) is 0 Å². The molecule has 4 aliphatic rings. The van der Waals surface area contributed by atoms with Gasteiger partial charge in [-0.05, 0) is 13.3 Å². The van der Waals surface area contributed by atoms with Crippen LogP contribution in [0.5, 0.6) is 0 Å². The Balaban J connectivity index is 1.80. The van der Waals surface area contributed by atoms with Crippen molar-refractivity contribution in [2.75, 3.05) is 33.3 Å². The molecule has 0 aromatic rings. The number of rotatable bonds is 5. The van der Waals surface area contributed by atoms with Crippen molar-refractivity contribution in [1.29, 1.82) is 0 Å². The van der Waals surface area contributed by atoms with Crippen LogP contribution in [-0.4, -0.2) is 92.9 Å². The fourth-order valence-corrected chi connectivity index (χ4v) is 7.61. The van der Waals surface area contributed by atoms with E-state index in [1.807, 2.05) is 36.1 Å². The Morgan fingerprint density at radius 3 is 2.67 bits per heavy atom. The molecule has 2 fully saturated rings. The molecule has 0 aromatic heterocycles. The lowest BCUT2D eigenvalue weighted by Gasteiger charge is -2.37. The van der Waals surface area contributed by atoms with E-state index in [1.54, 1.807) is 28.6 Å². The first-order chi connectivity index (χ1) is 14.4. The molecule has 30 heavy (non-hydrogen) atoms. The maximum Gasteiger partial charge on any atom is 0.247 e. The average Bonchev–Trinajstić information content (AvgIpc) is 3.02. The van der Waals surface area contributed by atoms with Crippen LogP contribution >= 0.6 is 11.8 Å². The van der Waals surface area contributed by atoms with Crippen molar-refractivity contribution < 1.29 is 19.5 Å². The lowest BCUT2D eigenvalue weighted by Crippen LogP contribution is -2.55. The van der Waals surface area contributed by atoms with E-state index in [0.717, 1.165) is 12.8 Å². The predicted octanol–water partition coefficient (Wildman–Crippen LogP) is 0.891. The summed E-state index contributed by atoms with van der Waals surface area (Å²) in [7, 11) is 1.76. The Morgan fingerprint density at radius 1 is 1.20 bits per heavy atom. The van der Waals surface area contributed by atoms with Crippen molar-refractivity contribution in [2.24, 2.45) is 11.8 Å². The number of carbonyl (C=O) groups is 3. The van der Waals surface area contributed by atoms with Crippen LogP contribution in [0.25, 0.3) is 0 Å². The first-order valence-corrected chi connectivity index (χ1v) is 11.7. The molecule has 4 heterocycles. The number of nitrogens with zero attached hydrogens (tertiary/aromatic N) is 3. The summed E-state index contributed by atoms with van der Waals surface area (Å²) in [5.41, 5.74) is 0. The number of aliphatic hydroxyl groups is 1. The Morgan fingerprint density at radius 2 is 1.97 bits per heavy atom. The molecule has 8 heteroatoms. The van der Waals surface area contributed by atoms with Crippen LogP contribution in [-0.2, 0) is 14.4 Å². The van der Waals surface area contributed by atoms with Crippen molar-refractivity contribution >= 4 is 29.5 Å². The summed E-state index contributed by atoms with van der Waals surface area (Å²) in [6, 6.07) is -0.624. The second-order valence-electron chi connectivity index (χ2n) is 8.77. The lowest BCUT2D eigenvalue weighted by atomic mass is 9.78. The molecule has 0 aliphatic carbocycles. The topological polar surface area (TPSA) is 81.2 Å². The Hall–Kier alpha value is -1.80. The summed E-state index contributed by atoms with van der Waals surface area (Å²) in [6.45, 7) is 5.07. The van der Waals surface area contributed by atoms with Gasteiger partial charge in [-0.2, -0.15) is 0 Å². The van der Waals surface area contributed by atoms with Gasteiger partial charge in [0.15, 0.2) is 0 Å². The van der Waals surface area contributed by atoms with E-state index in [2.05, 4.69) is 6.92 Å². The van der Waals surface area contributed by atoms with E-state index in [-0.39, 0.29) is 42.2 Å². The average molecular weight is 434 g/mol. The van der Waals surface area contributed by atoms with Crippen LogP contribution in [0.4, 0.5) is 0 Å². The van der Waals surface area contributed by atoms with Gasteiger partial charge < -0.3 is 19.8 Å². The molecule has 2 unspecified atom stereocenters. The molecule has 1 N–H and O–H groups in total. The van der Waals surface area contributed by atoms with Crippen molar-refractivity contribution in [2.45, 2.75) is 48.8 Å². The third kappa shape index (κ3) is 3.02. The standard InChI is InChI=1S/C22H31N3O4S/c1-4-7-14(2)24-11-6-9-22-17(20(28)25(12-13-26)18(22)21(24)29)16-15(30-22)8-5-10-23(3)19(16)27/h5-6,8-9,14-18,26H,4,7,10-13H2,1-3H3/t14?,15-,16+,17+,18?,22+/m1/s1. The normalized spacial score (nSPS) is 36.5. The number of hydrogen-bond acceptors (Lipinski definition) is 5. The maximum atomic E-state index is 13.8. The Kier molecular flexibility index (Phi) is 5.74. The molecule has 0 bridgehead atoms. The van der Waals surface area contributed by atoms with Crippen molar-refractivity contribution in [3.05, 3.63) is 24.3 Å². The van der Waals surface area contributed by atoms with Gasteiger partial charge in [0.1, 0.15) is 6.04 Å². The summed E-state index contributed by atoms with van der Waals surface area (Å²) < 4.78 is -0.780. The van der Waals surface area contributed by atoms with Crippen molar-refractivity contribution in [1.82, 2.24) is 14.7 Å². The first-order valence-electron chi connectivity index (χ1n) is 10.9. The van der Waals surface area contributed by atoms with Gasteiger partial charge in [0.25, 0.3) is 0 Å². The van der Waals surface area contributed by atoms with Crippen LogP contribution in [0, 0.1) is 11.8 Å². The molecule has 3 amide bonds. The van der Waals surface area contributed by atoms with Gasteiger partial charge >= 0.3 is 0 Å². The van der Waals surface area contributed by atoms with E-state index < -0.39 is 22.6 Å². The van der Waals surface area contributed by atoms with Crippen LogP contribution in [0.3, 0.4) is 0 Å². The quantitative estimate of drug-likeness (QED) is 0.652. The van der Waals surface area contributed by atoms with Gasteiger partial charge in [0.05, 0.1) is 23.2 Å². The summed E-state index contributed by atoms with van der Waals surface area (Å²) in [5, 5.41) is 9.52. The van der Waals surface area contributed by atoms with Gasteiger partial charge in [-0.1, -0.05) is 37.6 Å². The van der Waals surface area contributed by atoms with E-state index in [9.17, 15) is 19.5 Å². The van der Waals surface area contributed by atoms with Crippen molar-refractivity contribution in [3.63, 3.8) is 0 Å². The third-order valence-corrected chi connectivity index (χ3v) is 8.71. The zero-order valence-corrected chi connectivity index (χ0v) is 18.7. The van der Waals surface area contributed by atoms with E-state index in [0.29, 0.717) is 13.1 Å². The summed E-state index contributed by atoms with van der Waals surface area (Å²) in [6.07, 6.45) is 9.90. The Bertz CT molecular complexity index is 799. The lowest BCUT2D eigenvalue weighted by molar-refractivity contribution is -0.145. The van der Waals surface area contributed by atoms with Gasteiger partial charge in [0, 0.05) is 38.0 Å². The number of likely N-dealkylation sites (tertiary alicyclic amines) is 1. The Labute approximate surface area is 182 Å². The minimum atomic E-state index is -0.780. The third-order valence-electron chi connectivity index (χ3n) is 6.97. The fraction of sp³-hybridized carbons (Fsp3) is 0.682. The highest BCUT2D eigenvalue weighted by atomic mass is 32.2. The number of likely N-dealkylation sites (N-methyl/N-ethyl adjacent to an activating group) is 1. The molecule has 164 valence electrons. The monoisotopic (exact) mass is 433 g/mol. The molecule has 0 aromatic carbocycles. The second kappa shape index (κ2) is 8.04. The van der Waals surface area contributed by atoms with E-state index in [1.165, 1.54) is 0 Å². The molecule has 2 saturated heterocycles. The number of fused-ring (bicyclic) bond motifs is 2. The largest absolute Gasteiger partial charge is 0.395 e. The molecular formula is C22H31N3O4S. The molecule has 4 rings (SSSR count). The zero-order valence-electron chi connectivity index (χ0n) is 17.9. The zero-order chi connectivity index (χ0) is 21.6. The molecule has 0 radical (unpaired) electrons. The number of carbonyl (C=O) groups excluding carboxylic acids is 3. The van der Waals surface area contributed by atoms with E-state index in [4.69, 9.17) is 0 Å². The van der Waals surface area contributed by atoms with Crippen LogP contribution < -0.4 is 0 Å². The van der Waals surface area contributed by atoms with Gasteiger partial charge in [0.2, 0.25) is 17.7 Å². The summed E-state index contributed by atoms with van der Waals surface area (Å²) >= 11 is 1.58. The second-order valence-corrected chi connectivity index (χ2v) is 10.3. The fourth-order valence-electron chi connectivity index (χ4n) is 5.60. The van der Waals surface area contributed by atoms with E-state index >= 15 is 0 Å². The van der Waals surface area contributed by atoms with Crippen molar-refractivity contribution in [3.8, 4) is 0 Å². The smallest absolute Gasteiger partial charge is 0.247 e. The number of aliphatic hydroxyl groups excluding tert-OH is 1. The van der Waals surface area contributed by atoms with Gasteiger partial charge in [-0.3, -0.25) is 14.4 Å². The summed E-state index contributed by atoms with van der Waals surface area (Å²) in [4.78, 5) is 45.7. The van der Waals surface area contributed by atoms with Crippen LogP contribution in [0.2, 0.25) is 0 Å². The highest BCUT2D eigenvalue weighted by Crippen LogP contribution is 2.60.